The lowest BCUT2D eigenvalue weighted by Crippen LogP contribution is -2.54. The quantitative estimate of drug-likeness (QED) is 0.806. The van der Waals surface area contributed by atoms with Gasteiger partial charge >= 0.3 is 0 Å². The highest BCUT2D eigenvalue weighted by Gasteiger charge is 2.37. The van der Waals surface area contributed by atoms with E-state index in [0.29, 0.717) is 26.2 Å². The third-order valence-electron chi connectivity index (χ3n) is 4.21. The van der Waals surface area contributed by atoms with Crippen LogP contribution in [0.3, 0.4) is 0 Å². The van der Waals surface area contributed by atoms with Gasteiger partial charge in [0.1, 0.15) is 0 Å². The van der Waals surface area contributed by atoms with Crippen molar-refractivity contribution in [2.24, 2.45) is 0 Å². The zero-order chi connectivity index (χ0) is 14.6. The van der Waals surface area contributed by atoms with Gasteiger partial charge in [0.25, 0.3) is 10.2 Å². The summed E-state index contributed by atoms with van der Waals surface area (Å²) in [5, 5.41) is 9.39. The number of ether oxygens (including phenoxy) is 1. The Labute approximate surface area is 121 Å². The summed E-state index contributed by atoms with van der Waals surface area (Å²) in [6, 6.07) is -0.252. The van der Waals surface area contributed by atoms with E-state index in [0.717, 1.165) is 32.1 Å². The van der Waals surface area contributed by atoms with Gasteiger partial charge in [-0.05, 0) is 32.6 Å². The lowest BCUT2D eigenvalue weighted by molar-refractivity contribution is 0.0272. The number of hydrogen-bond acceptors (Lipinski definition) is 4. The largest absolute Gasteiger partial charge is 0.395 e. The standard InChI is InChI=1S/C13H26N2O4S/c1-2-19-13-6-9-14(10-7-13)20(17,18)15-8-4-3-5-12(15)11-16/h12-13,16H,2-11H2,1H3. The Kier molecular flexibility index (Phi) is 5.80. The van der Waals surface area contributed by atoms with Crippen LogP contribution in [0.4, 0.5) is 0 Å². The van der Waals surface area contributed by atoms with Gasteiger partial charge in [0.15, 0.2) is 0 Å². The van der Waals surface area contributed by atoms with Crippen molar-refractivity contribution in [2.75, 3.05) is 32.8 Å². The van der Waals surface area contributed by atoms with Gasteiger partial charge in [-0.15, -0.1) is 0 Å². The van der Waals surface area contributed by atoms with Crippen molar-refractivity contribution < 1.29 is 18.3 Å². The van der Waals surface area contributed by atoms with Gasteiger partial charge in [0.2, 0.25) is 0 Å². The van der Waals surface area contributed by atoms with Crippen molar-refractivity contribution >= 4 is 10.2 Å². The molecule has 0 aliphatic carbocycles. The smallest absolute Gasteiger partial charge is 0.282 e. The molecule has 2 aliphatic heterocycles. The van der Waals surface area contributed by atoms with Gasteiger partial charge in [-0.3, -0.25) is 0 Å². The third-order valence-corrected chi connectivity index (χ3v) is 6.30. The van der Waals surface area contributed by atoms with Gasteiger partial charge in [0, 0.05) is 32.3 Å². The Bertz CT molecular complexity index is 393. The second-order valence-electron chi connectivity index (χ2n) is 5.50. The van der Waals surface area contributed by atoms with E-state index in [2.05, 4.69) is 0 Å². The van der Waals surface area contributed by atoms with E-state index in [1.807, 2.05) is 6.92 Å². The van der Waals surface area contributed by atoms with Crippen molar-refractivity contribution in [2.45, 2.75) is 51.2 Å². The van der Waals surface area contributed by atoms with Gasteiger partial charge in [-0.2, -0.15) is 17.0 Å². The SMILES string of the molecule is CCOC1CCN(S(=O)(=O)N2CCCCC2CO)CC1. The maximum Gasteiger partial charge on any atom is 0.282 e. The summed E-state index contributed by atoms with van der Waals surface area (Å²) in [6.45, 7) is 4.11. The molecule has 20 heavy (non-hydrogen) atoms. The van der Waals surface area contributed by atoms with E-state index in [-0.39, 0.29) is 18.8 Å². The summed E-state index contributed by atoms with van der Waals surface area (Å²) >= 11 is 0. The minimum atomic E-state index is -3.43. The predicted octanol–water partition coefficient (Wildman–Crippen LogP) is 0.579. The molecule has 2 heterocycles. The van der Waals surface area contributed by atoms with Crippen molar-refractivity contribution in [3.63, 3.8) is 0 Å². The summed E-state index contributed by atoms with van der Waals surface area (Å²) < 4.78 is 34.0. The fourth-order valence-electron chi connectivity index (χ4n) is 3.07. The fraction of sp³-hybridized carbons (Fsp3) is 1.00. The molecule has 0 amide bonds. The van der Waals surface area contributed by atoms with Crippen LogP contribution in [-0.2, 0) is 14.9 Å². The number of piperidine rings is 2. The molecule has 0 spiro atoms. The zero-order valence-corrected chi connectivity index (χ0v) is 13.0. The van der Waals surface area contributed by atoms with Gasteiger partial charge in [-0.25, -0.2) is 0 Å². The molecule has 2 aliphatic rings. The molecular weight excluding hydrogens is 280 g/mol. The zero-order valence-electron chi connectivity index (χ0n) is 12.2. The van der Waals surface area contributed by atoms with Crippen LogP contribution < -0.4 is 0 Å². The Morgan fingerprint density at radius 1 is 1.15 bits per heavy atom. The van der Waals surface area contributed by atoms with Crippen molar-refractivity contribution in [3.8, 4) is 0 Å². The summed E-state index contributed by atoms with van der Waals surface area (Å²) in [5.74, 6) is 0. The number of nitrogens with zero attached hydrogens (tertiary/aromatic N) is 2. The third kappa shape index (κ3) is 3.51. The van der Waals surface area contributed by atoms with Crippen LogP contribution in [0.1, 0.15) is 39.0 Å². The molecular formula is C13H26N2O4S. The molecule has 0 bridgehead atoms. The highest BCUT2D eigenvalue weighted by Crippen LogP contribution is 2.25. The van der Waals surface area contributed by atoms with Crippen LogP contribution in [0.5, 0.6) is 0 Å². The fourth-order valence-corrected chi connectivity index (χ4v) is 4.95. The van der Waals surface area contributed by atoms with Crippen LogP contribution in [0, 0.1) is 0 Å². The lowest BCUT2D eigenvalue weighted by atomic mass is 10.1. The molecule has 2 saturated heterocycles. The van der Waals surface area contributed by atoms with Crippen LogP contribution in [0.2, 0.25) is 0 Å². The molecule has 0 radical (unpaired) electrons. The average Bonchev–Trinajstić information content (AvgIpc) is 2.48. The molecule has 2 rings (SSSR count). The van der Waals surface area contributed by atoms with E-state index in [4.69, 9.17) is 4.74 Å². The first kappa shape index (κ1) is 16.2. The van der Waals surface area contributed by atoms with Crippen molar-refractivity contribution in [1.29, 1.82) is 0 Å². The van der Waals surface area contributed by atoms with Gasteiger partial charge in [-0.1, -0.05) is 6.42 Å². The van der Waals surface area contributed by atoms with Crippen LogP contribution in [0.25, 0.3) is 0 Å². The Hall–Kier alpha value is -0.210. The minimum Gasteiger partial charge on any atom is -0.395 e. The number of rotatable bonds is 5. The lowest BCUT2D eigenvalue weighted by Gasteiger charge is -2.39. The summed E-state index contributed by atoms with van der Waals surface area (Å²) in [6.07, 6.45) is 4.32. The molecule has 0 saturated carbocycles. The predicted molar refractivity (Wildman–Crippen MR) is 76.6 cm³/mol. The monoisotopic (exact) mass is 306 g/mol. The molecule has 0 aromatic heterocycles. The minimum absolute atomic E-state index is 0.0886. The topological polar surface area (TPSA) is 70.1 Å². The number of aliphatic hydroxyl groups excluding tert-OH is 1. The maximum absolute atomic E-state index is 12.7. The number of aliphatic hydroxyl groups is 1. The average molecular weight is 306 g/mol. The van der Waals surface area contributed by atoms with Crippen LogP contribution in [-0.4, -0.2) is 67.1 Å². The van der Waals surface area contributed by atoms with Crippen molar-refractivity contribution in [1.82, 2.24) is 8.61 Å². The maximum atomic E-state index is 12.7. The first-order chi connectivity index (χ1) is 9.59. The van der Waals surface area contributed by atoms with Crippen molar-refractivity contribution in [3.05, 3.63) is 0 Å². The molecule has 1 N–H and O–H groups in total. The molecule has 118 valence electrons. The molecule has 0 aromatic carbocycles. The highest BCUT2D eigenvalue weighted by molar-refractivity contribution is 7.86. The Morgan fingerprint density at radius 2 is 1.85 bits per heavy atom. The van der Waals surface area contributed by atoms with Crippen LogP contribution in [0.15, 0.2) is 0 Å². The molecule has 6 nitrogen and oxygen atoms in total. The summed E-state index contributed by atoms with van der Waals surface area (Å²) in [7, 11) is -3.43. The van der Waals surface area contributed by atoms with E-state index < -0.39 is 10.2 Å². The Balaban J connectivity index is 1.99. The molecule has 0 aromatic rings. The summed E-state index contributed by atoms with van der Waals surface area (Å²) in [5.41, 5.74) is 0. The molecule has 7 heteroatoms. The second-order valence-corrected chi connectivity index (χ2v) is 7.39. The molecule has 2 fully saturated rings. The Morgan fingerprint density at radius 3 is 2.45 bits per heavy atom. The first-order valence-corrected chi connectivity index (χ1v) is 8.98. The second kappa shape index (κ2) is 7.17. The normalized spacial score (nSPS) is 27.8. The van der Waals surface area contributed by atoms with E-state index in [1.165, 1.54) is 4.31 Å². The van der Waals surface area contributed by atoms with Crippen LogP contribution >= 0.6 is 0 Å². The molecule has 1 unspecified atom stereocenters. The van der Waals surface area contributed by atoms with Gasteiger partial charge in [0.05, 0.1) is 12.7 Å². The van der Waals surface area contributed by atoms with E-state index >= 15 is 0 Å². The van der Waals surface area contributed by atoms with Gasteiger partial charge < -0.3 is 9.84 Å². The van der Waals surface area contributed by atoms with E-state index in [9.17, 15) is 13.5 Å². The summed E-state index contributed by atoms with van der Waals surface area (Å²) in [4.78, 5) is 0. The first-order valence-electron chi connectivity index (χ1n) is 7.59. The number of hydrogen-bond donors (Lipinski definition) is 1. The highest BCUT2D eigenvalue weighted by atomic mass is 32.2. The van der Waals surface area contributed by atoms with E-state index in [1.54, 1.807) is 4.31 Å². The molecule has 1 atom stereocenters.